The quantitative estimate of drug-likeness (QED) is 0.363. The zero-order valence-corrected chi connectivity index (χ0v) is 20.7. The molecular weight excluding hydrogens is 501 g/mol. The van der Waals surface area contributed by atoms with E-state index in [4.69, 9.17) is 4.74 Å². The summed E-state index contributed by atoms with van der Waals surface area (Å²) in [7, 11) is 1.88. The van der Waals surface area contributed by atoms with E-state index in [9.17, 15) is 0 Å². The van der Waals surface area contributed by atoms with E-state index in [0.717, 1.165) is 71.5 Å². The van der Waals surface area contributed by atoms with Crippen LogP contribution in [0.25, 0.3) is 0 Å². The van der Waals surface area contributed by atoms with Crippen LogP contribution in [0.5, 0.6) is 0 Å². The number of para-hydroxylation sites is 1. The van der Waals surface area contributed by atoms with Crippen LogP contribution >= 0.6 is 24.0 Å². The summed E-state index contributed by atoms with van der Waals surface area (Å²) in [6.07, 6.45) is 0. The number of guanidine groups is 1. The van der Waals surface area contributed by atoms with Crippen molar-refractivity contribution in [3.8, 4) is 0 Å². The molecule has 7 heteroatoms. The van der Waals surface area contributed by atoms with Crippen LogP contribution in [0.3, 0.4) is 0 Å². The summed E-state index contributed by atoms with van der Waals surface area (Å²) in [6.45, 7) is 9.49. The molecule has 0 atom stereocenters. The third-order valence-electron chi connectivity index (χ3n) is 5.86. The van der Waals surface area contributed by atoms with Crippen molar-refractivity contribution in [3.63, 3.8) is 0 Å². The van der Waals surface area contributed by atoms with Gasteiger partial charge in [0.05, 0.1) is 13.2 Å². The number of aliphatic imine (C=N–C) groups is 1. The predicted molar refractivity (Wildman–Crippen MR) is 138 cm³/mol. The van der Waals surface area contributed by atoms with E-state index < -0.39 is 0 Å². The SMILES string of the molecule is CN=C(NCc1cccc(CN2CCOCC2)c1)N1CCN(c2ccccc2)CC1.I. The molecule has 0 saturated carbocycles. The average molecular weight is 535 g/mol. The number of nitrogens with zero attached hydrogens (tertiary/aromatic N) is 4. The van der Waals surface area contributed by atoms with Crippen LogP contribution in [-0.2, 0) is 17.8 Å². The number of hydrogen-bond acceptors (Lipinski definition) is 4. The first-order valence-corrected chi connectivity index (χ1v) is 11.0. The summed E-state index contributed by atoms with van der Waals surface area (Å²) < 4.78 is 5.46. The molecule has 1 N–H and O–H groups in total. The number of rotatable bonds is 5. The minimum Gasteiger partial charge on any atom is -0.379 e. The molecule has 0 spiro atoms. The molecule has 0 bridgehead atoms. The van der Waals surface area contributed by atoms with Gasteiger partial charge in [0.2, 0.25) is 0 Å². The van der Waals surface area contributed by atoms with E-state index in [1.807, 2.05) is 7.05 Å². The third kappa shape index (κ3) is 6.82. The normalized spacial score (nSPS) is 17.9. The summed E-state index contributed by atoms with van der Waals surface area (Å²) in [4.78, 5) is 11.8. The van der Waals surface area contributed by atoms with Gasteiger partial charge in [-0.15, -0.1) is 24.0 Å². The number of hydrogen-bond donors (Lipinski definition) is 1. The van der Waals surface area contributed by atoms with Gasteiger partial charge in [0.15, 0.2) is 5.96 Å². The second-order valence-electron chi connectivity index (χ2n) is 7.92. The number of nitrogens with one attached hydrogen (secondary N) is 1. The Kier molecular flexibility index (Phi) is 9.42. The Balaban J connectivity index is 0.00000272. The molecule has 6 nitrogen and oxygen atoms in total. The number of ether oxygens (including phenoxy) is 1. The summed E-state index contributed by atoms with van der Waals surface area (Å²) in [5, 5.41) is 3.56. The van der Waals surface area contributed by atoms with Gasteiger partial charge in [0, 0.05) is 65.1 Å². The molecule has 2 aliphatic heterocycles. The van der Waals surface area contributed by atoms with Gasteiger partial charge < -0.3 is 19.9 Å². The Morgan fingerprint density at radius 3 is 2.32 bits per heavy atom. The van der Waals surface area contributed by atoms with Crippen LogP contribution in [0.15, 0.2) is 59.6 Å². The largest absolute Gasteiger partial charge is 0.379 e. The summed E-state index contributed by atoms with van der Waals surface area (Å²) in [6, 6.07) is 19.5. The molecule has 2 fully saturated rings. The number of halogens is 1. The van der Waals surface area contributed by atoms with Gasteiger partial charge in [-0.05, 0) is 23.3 Å². The van der Waals surface area contributed by atoms with Crippen molar-refractivity contribution < 1.29 is 4.74 Å². The van der Waals surface area contributed by atoms with Crippen molar-refractivity contribution >= 4 is 35.6 Å². The minimum atomic E-state index is 0. The second kappa shape index (κ2) is 12.3. The monoisotopic (exact) mass is 535 g/mol. The van der Waals surface area contributed by atoms with Crippen molar-refractivity contribution in [3.05, 3.63) is 65.7 Å². The first kappa shape index (κ1) is 23.8. The fourth-order valence-corrected chi connectivity index (χ4v) is 4.18. The highest BCUT2D eigenvalue weighted by Crippen LogP contribution is 2.16. The molecule has 2 heterocycles. The maximum Gasteiger partial charge on any atom is 0.194 e. The molecule has 2 aromatic carbocycles. The van der Waals surface area contributed by atoms with Crippen molar-refractivity contribution in [1.82, 2.24) is 15.1 Å². The zero-order valence-electron chi connectivity index (χ0n) is 18.4. The van der Waals surface area contributed by atoms with Gasteiger partial charge in [-0.1, -0.05) is 42.5 Å². The first-order chi connectivity index (χ1) is 14.8. The highest BCUT2D eigenvalue weighted by molar-refractivity contribution is 14.0. The predicted octanol–water partition coefficient (Wildman–Crippen LogP) is 3.03. The van der Waals surface area contributed by atoms with Crippen LogP contribution < -0.4 is 10.2 Å². The first-order valence-electron chi connectivity index (χ1n) is 11.0. The van der Waals surface area contributed by atoms with Gasteiger partial charge in [0.25, 0.3) is 0 Å². The van der Waals surface area contributed by atoms with Crippen LogP contribution in [0.2, 0.25) is 0 Å². The number of morpholine rings is 1. The number of benzene rings is 2. The van der Waals surface area contributed by atoms with Crippen molar-refractivity contribution in [1.29, 1.82) is 0 Å². The maximum atomic E-state index is 5.46. The Bertz CT molecular complexity index is 818. The van der Waals surface area contributed by atoms with E-state index >= 15 is 0 Å². The highest BCUT2D eigenvalue weighted by Gasteiger charge is 2.19. The zero-order chi connectivity index (χ0) is 20.6. The molecule has 0 amide bonds. The van der Waals surface area contributed by atoms with Crippen LogP contribution in [0, 0.1) is 0 Å². The van der Waals surface area contributed by atoms with E-state index in [1.165, 1.54) is 16.8 Å². The summed E-state index contributed by atoms with van der Waals surface area (Å²) >= 11 is 0. The third-order valence-corrected chi connectivity index (χ3v) is 5.86. The molecule has 0 aliphatic carbocycles. The Labute approximate surface area is 203 Å². The topological polar surface area (TPSA) is 43.3 Å². The lowest BCUT2D eigenvalue weighted by Gasteiger charge is -2.37. The standard InChI is InChI=1S/C24H33N5O.HI/c1-25-24(29-12-10-28(11-13-29)23-8-3-2-4-9-23)26-19-21-6-5-7-22(18-21)20-27-14-16-30-17-15-27;/h2-9,18H,10-17,19-20H2,1H3,(H,25,26);1H. The molecule has 2 aromatic rings. The summed E-state index contributed by atoms with van der Waals surface area (Å²) in [5.41, 5.74) is 3.96. The fourth-order valence-electron chi connectivity index (χ4n) is 4.18. The van der Waals surface area contributed by atoms with Crippen LogP contribution in [0.1, 0.15) is 11.1 Å². The molecule has 4 rings (SSSR count). The van der Waals surface area contributed by atoms with Crippen molar-refractivity contribution in [2.24, 2.45) is 4.99 Å². The molecule has 0 radical (unpaired) electrons. The summed E-state index contributed by atoms with van der Waals surface area (Å²) in [5.74, 6) is 0.987. The lowest BCUT2D eigenvalue weighted by Crippen LogP contribution is -2.52. The average Bonchev–Trinajstić information content (AvgIpc) is 2.81. The number of piperazine rings is 1. The molecule has 0 unspecified atom stereocenters. The fraction of sp³-hybridized carbons (Fsp3) is 0.458. The van der Waals surface area contributed by atoms with E-state index in [-0.39, 0.29) is 24.0 Å². The lowest BCUT2D eigenvalue weighted by molar-refractivity contribution is 0.0342. The van der Waals surface area contributed by atoms with Gasteiger partial charge in [-0.2, -0.15) is 0 Å². The van der Waals surface area contributed by atoms with E-state index in [0.29, 0.717) is 0 Å². The van der Waals surface area contributed by atoms with Crippen molar-refractivity contribution in [2.75, 3.05) is 64.4 Å². The molecule has 168 valence electrons. The van der Waals surface area contributed by atoms with Gasteiger partial charge in [-0.25, -0.2) is 0 Å². The molecule has 2 saturated heterocycles. The Morgan fingerprint density at radius 1 is 0.903 bits per heavy atom. The van der Waals surface area contributed by atoms with Crippen LogP contribution in [-0.4, -0.2) is 75.3 Å². The molecular formula is C24H34IN5O. The van der Waals surface area contributed by atoms with Gasteiger partial charge in [-0.3, -0.25) is 9.89 Å². The Hall–Kier alpha value is -1.84. The highest BCUT2D eigenvalue weighted by atomic mass is 127. The minimum absolute atomic E-state index is 0. The molecule has 0 aromatic heterocycles. The van der Waals surface area contributed by atoms with E-state index in [1.54, 1.807) is 0 Å². The van der Waals surface area contributed by atoms with Crippen molar-refractivity contribution in [2.45, 2.75) is 13.1 Å². The molecule has 31 heavy (non-hydrogen) atoms. The number of anilines is 1. The van der Waals surface area contributed by atoms with Gasteiger partial charge in [0.1, 0.15) is 0 Å². The molecule has 2 aliphatic rings. The Morgan fingerprint density at radius 2 is 1.61 bits per heavy atom. The van der Waals surface area contributed by atoms with Crippen LogP contribution in [0.4, 0.5) is 5.69 Å². The maximum absolute atomic E-state index is 5.46. The second-order valence-corrected chi connectivity index (χ2v) is 7.92. The lowest BCUT2D eigenvalue weighted by atomic mass is 10.1. The smallest absolute Gasteiger partial charge is 0.194 e. The van der Waals surface area contributed by atoms with E-state index in [2.05, 4.69) is 79.6 Å². The van der Waals surface area contributed by atoms with Gasteiger partial charge >= 0.3 is 0 Å².